The number of pyridine rings is 1. The lowest BCUT2D eigenvalue weighted by Crippen LogP contribution is -1.93. The first-order chi connectivity index (χ1) is 23.3. The molecule has 1 aliphatic carbocycles. The lowest BCUT2D eigenvalue weighted by molar-refractivity contribution is 1.32. The predicted molar refractivity (Wildman–Crippen MR) is 198 cm³/mol. The molecule has 47 heavy (non-hydrogen) atoms. The van der Waals surface area contributed by atoms with Crippen LogP contribution in [-0.4, -0.2) is 9.38 Å². The molecule has 0 N–H and O–H groups in total. The molecule has 0 radical (unpaired) electrons. The minimum Gasteiger partial charge on any atom is -0.292 e. The van der Waals surface area contributed by atoms with Crippen LogP contribution in [0.5, 0.6) is 0 Å². The first kappa shape index (κ1) is 25.0. The topological polar surface area (TPSA) is 17.3 Å². The maximum atomic E-state index is 5.14. The normalized spacial score (nSPS) is 12.3. The highest BCUT2D eigenvalue weighted by Crippen LogP contribution is 2.49. The molecule has 8 aromatic carbocycles. The number of nitrogens with zero attached hydrogens (tertiary/aromatic N) is 2. The summed E-state index contributed by atoms with van der Waals surface area (Å²) < 4.78 is 2.34. The summed E-state index contributed by atoms with van der Waals surface area (Å²) in [6.45, 7) is 0. The lowest BCUT2D eigenvalue weighted by atomic mass is 9.92. The molecule has 0 bridgehead atoms. The third-order valence-electron chi connectivity index (χ3n) is 10.3. The third kappa shape index (κ3) is 3.36. The van der Waals surface area contributed by atoms with Gasteiger partial charge in [-0.25, -0.2) is 4.98 Å². The molecule has 2 heterocycles. The lowest BCUT2D eigenvalue weighted by Gasteiger charge is -2.14. The summed E-state index contributed by atoms with van der Waals surface area (Å²) in [4.78, 5) is 5.14. The van der Waals surface area contributed by atoms with Crippen molar-refractivity contribution in [2.45, 2.75) is 0 Å². The second-order valence-corrected chi connectivity index (χ2v) is 12.7. The summed E-state index contributed by atoms with van der Waals surface area (Å²) in [7, 11) is 0. The third-order valence-corrected chi connectivity index (χ3v) is 10.3. The Morgan fingerprint density at radius 3 is 2.00 bits per heavy atom. The Hall–Kier alpha value is -6.25. The van der Waals surface area contributed by atoms with Crippen LogP contribution < -0.4 is 0 Å². The molecule has 0 fully saturated rings. The van der Waals surface area contributed by atoms with Gasteiger partial charge in [0.05, 0.1) is 16.6 Å². The molecule has 0 atom stereocenters. The molecule has 0 saturated carbocycles. The van der Waals surface area contributed by atoms with Crippen molar-refractivity contribution in [1.29, 1.82) is 0 Å². The molecular weight excluding hydrogens is 569 g/mol. The molecule has 10 aromatic rings. The fourth-order valence-corrected chi connectivity index (χ4v) is 8.24. The minimum atomic E-state index is 1.00. The van der Waals surface area contributed by atoms with Crippen LogP contribution in [0, 0.1) is 0 Å². The molecule has 2 aromatic heterocycles. The van der Waals surface area contributed by atoms with Crippen molar-refractivity contribution in [1.82, 2.24) is 9.38 Å². The molecule has 1 aliphatic rings. The largest absolute Gasteiger partial charge is 0.292 e. The first-order valence-electron chi connectivity index (χ1n) is 16.2. The van der Waals surface area contributed by atoms with Gasteiger partial charge in [0, 0.05) is 16.2 Å². The molecule has 0 aliphatic heterocycles. The fourth-order valence-electron chi connectivity index (χ4n) is 8.24. The van der Waals surface area contributed by atoms with E-state index in [1.165, 1.54) is 87.7 Å². The minimum absolute atomic E-state index is 1.00. The Labute approximate surface area is 270 Å². The second-order valence-electron chi connectivity index (χ2n) is 12.7. The van der Waals surface area contributed by atoms with E-state index in [9.17, 15) is 0 Å². The maximum Gasteiger partial charge on any atom is 0.146 e. The molecule has 0 saturated heterocycles. The number of para-hydroxylation sites is 2. The highest BCUT2D eigenvalue weighted by Gasteiger charge is 2.22. The van der Waals surface area contributed by atoms with Gasteiger partial charge in [-0.05, 0) is 102 Å². The van der Waals surface area contributed by atoms with Gasteiger partial charge in [0.2, 0.25) is 0 Å². The van der Waals surface area contributed by atoms with Gasteiger partial charge in [0.25, 0.3) is 0 Å². The summed E-state index contributed by atoms with van der Waals surface area (Å²) in [5, 5.41) is 8.82. The van der Waals surface area contributed by atoms with Crippen LogP contribution in [0.2, 0.25) is 0 Å². The summed E-state index contributed by atoms with van der Waals surface area (Å²) in [6, 6.07) is 57.8. The Bertz CT molecular complexity index is 2930. The molecule has 0 spiro atoms. The van der Waals surface area contributed by atoms with E-state index in [1.54, 1.807) is 0 Å². The average Bonchev–Trinajstić information content (AvgIpc) is 3.69. The molecule has 0 unspecified atom stereocenters. The first-order valence-corrected chi connectivity index (χ1v) is 16.2. The number of fused-ring (bicyclic) bond motifs is 13. The van der Waals surface area contributed by atoms with E-state index < -0.39 is 0 Å². The van der Waals surface area contributed by atoms with Gasteiger partial charge in [0.15, 0.2) is 0 Å². The average molecular weight is 595 g/mol. The van der Waals surface area contributed by atoms with Crippen molar-refractivity contribution in [2.24, 2.45) is 0 Å². The highest BCUT2D eigenvalue weighted by atomic mass is 15.0. The molecule has 11 rings (SSSR count). The van der Waals surface area contributed by atoms with Gasteiger partial charge in [-0.15, -0.1) is 0 Å². The van der Waals surface area contributed by atoms with Crippen molar-refractivity contribution < 1.29 is 0 Å². The van der Waals surface area contributed by atoms with E-state index in [-0.39, 0.29) is 0 Å². The number of hydrogen-bond donors (Lipinski definition) is 0. The van der Waals surface area contributed by atoms with E-state index in [0.29, 0.717) is 0 Å². The number of hydrogen-bond acceptors (Lipinski definition) is 1. The van der Waals surface area contributed by atoms with Crippen molar-refractivity contribution in [2.75, 3.05) is 0 Å². The smallest absolute Gasteiger partial charge is 0.146 e. The van der Waals surface area contributed by atoms with Crippen LogP contribution in [-0.2, 0) is 0 Å². The Balaban J connectivity index is 1.16. The number of rotatable bonds is 2. The van der Waals surface area contributed by atoms with Crippen LogP contribution >= 0.6 is 0 Å². The SMILES string of the molecule is c1cc(-c2ccc3c(c2)c2c4ccccc4ccc2c2nc4ccccc4n32)cc(-c2ccc3c4c(cccc24)-c2ccccc2-3)c1. The summed E-state index contributed by atoms with van der Waals surface area (Å²) in [5.41, 5.74) is 14.5. The number of imidazole rings is 1. The predicted octanol–water partition coefficient (Wildman–Crippen LogP) is 12.1. The zero-order valence-corrected chi connectivity index (χ0v) is 25.4. The van der Waals surface area contributed by atoms with E-state index >= 15 is 0 Å². The molecule has 2 heteroatoms. The van der Waals surface area contributed by atoms with Gasteiger partial charge in [-0.2, -0.15) is 0 Å². The molecule has 0 amide bonds. The molecule has 2 nitrogen and oxygen atoms in total. The van der Waals surface area contributed by atoms with E-state index in [2.05, 4.69) is 162 Å². The van der Waals surface area contributed by atoms with Gasteiger partial charge < -0.3 is 0 Å². The maximum absolute atomic E-state index is 5.14. The quantitative estimate of drug-likeness (QED) is 0.182. The van der Waals surface area contributed by atoms with Crippen LogP contribution in [0.1, 0.15) is 0 Å². The second kappa shape index (κ2) is 9.15. The number of aromatic nitrogens is 2. The summed E-state index contributed by atoms with van der Waals surface area (Å²) in [5.74, 6) is 0. The zero-order valence-electron chi connectivity index (χ0n) is 25.4. The summed E-state index contributed by atoms with van der Waals surface area (Å²) in [6.07, 6.45) is 0. The summed E-state index contributed by atoms with van der Waals surface area (Å²) >= 11 is 0. The van der Waals surface area contributed by atoms with Gasteiger partial charge in [0.1, 0.15) is 5.65 Å². The zero-order chi connectivity index (χ0) is 30.6. The Morgan fingerprint density at radius 2 is 1.06 bits per heavy atom. The Morgan fingerprint density at radius 1 is 0.362 bits per heavy atom. The van der Waals surface area contributed by atoms with Crippen molar-refractivity contribution in [3.8, 4) is 44.5 Å². The monoisotopic (exact) mass is 594 g/mol. The Kier molecular flexibility index (Phi) is 4.87. The van der Waals surface area contributed by atoms with Crippen LogP contribution in [0.15, 0.2) is 158 Å². The van der Waals surface area contributed by atoms with Crippen LogP contribution in [0.4, 0.5) is 0 Å². The van der Waals surface area contributed by atoms with Crippen LogP contribution in [0.3, 0.4) is 0 Å². The molecular formula is C45H26N2. The fraction of sp³-hybridized carbons (Fsp3) is 0. The van der Waals surface area contributed by atoms with E-state index in [0.717, 1.165) is 16.7 Å². The van der Waals surface area contributed by atoms with E-state index in [1.807, 2.05) is 0 Å². The highest BCUT2D eigenvalue weighted by molar-refractivity contribution is 6.24. The van der Waals surface area contributed by atoms with Gasteiger partial charge >= 0.3 is 0 Å². The van der Waals surface area contributed by atoms with Crippen molar-refractivity contribution in [3.05, 3.63) is 158 Å². The molecule has 216 valence electrons. The van der Waals surface area contributed by atoms with E-state index in [4.69, 9.17) is 4.98 Å². The standard InChI is InChI=1S/C45H26N2/c1-2-12-32-27(9-1)19-21-38-43(32)39-26-29(20-24-41(39)47-42-18-6-5-17-40(42)46-45(38)47)28-10-7-11-30(25-28)31-22-23-37-34-14-4-3-13-33(34)36-16-8-15-35(31)44(36)37/h1-26H. The van der Waals surface area contributed by atoms with Crippen molar-refractivity contribution in [3.63, 3.8) is 0 Å². The van der Waals surface area contributed by atoms with Gasteiger partial charge in [-0.1, -0.05) is 121 Å². The van der Waals surface area contributed by atoms with Gasteiger partial charge in [-0.3, -0.25) is 4.40 Å². The number of benzene rings is 8. The van der Waals surface area contributed by atoms with Crippen molar-refractivity contribution >= 4 is 59.9 Å². The van der Waals surface area contributed by atoms with Crippen LogP contribution in [0.25, 0.3) is 104 Å².